The molecular formula is C21H20N2O3S. The van der Waals surface area contributed by atoms with Gasteiger partial charge >= 0.3 is 5.97 Å². The van der Waals surface area contributed by atoms with Gasteiger partial charge in [-0.3, -0.25) is 4.79 Å². The van der Waals surface area contributed by atoms with Gasteiger partial charge in [0.1, 0.15) is 5.03 Å². The second-order valence-corrected chi connectivity index (χ2v) is 6.57. The third-order valence-corrected chi connectivity index (χ3v) is 4.90. The molecule has 1 aromatic heterocycles. The summed E-state index contributed by atoms with van der Waals surface area (Å²) in [6, 6.07) is 17.0. The van der Waals surface area contributed by atoms with Crippen LogP contribution < -0.4 is 4.90 Å². The second kappa shape index (κ2) is 8.68. The number of fused-ring (bicyclic) bond motifs is 1. The minimum atomic E-state index is -0.547. The van der Waals surface area contributed by atoms with Crippen molar-refractivity contribution in [3.8, 4) is 0 Å². The minimum Gasteiger partial charge on any atom is -0.452 e. The van der Waals surface area contributed by atoms with Crippen LogP contribution in [0, 0.1) is 0 Å². The van der Waals surface area contributed by atoms with Crippen LogP contribution in [-0.4, -0.2) is 36.3 Å². The van der Waals surface area contributed by atoms with E-state index in [1.165, 1.54) is 11.8 Å². The molecule has 27 heavy (non-hydrogen) atoms. The molecule has 0 bridgehead atoms. The molecule has 0 atom stereocenters. The first-order valence-electron chi connectivity index (χ1n) is 8.60. The lowest BCUT2D eigenvalue weighted by Crippen LogP contribution is -2.34. The van der Waals surface area contributed by atoms with Crippen molar-refractivity contribution in [2.24, 2.45) is 0 Å². The van der Waals surface area contributed by atoms with Crippen LogP contribution in [0.4, 0.5) is 5.69 Å². The predicted molar refractivity (Wildman–Crippen MR) is 108 cm³/mol. The lowest BCUT2D eigenvalue weighted by atomic mass is 10.1. The van der Waals surface area contributed by atoms with Crippen LogP contribution in [0.2, 0.25) is 0 Å². The van der Waals surface area contributed by atoms with E-state index in [1.807, 2.05) is 55.6 Å². The molecule has 2 aromatic carbocycles. The Morgan fingerprint density at radius 2 is 1.85 bits per heavy atom. The maximum atomic E-state index is 12.7. The maximum absolute atomic E-state index is 12.7. The highest BCUT2D eigenvalue weighted by Gasteiger charge is 2.20. The number of carbonyl (C=O) groups excluding carboxylic acids is 2. The number of hydrogen-bond acceptors (Lipinski definition) is 5. The fraction of sp³-hybridized carbons (Fsp3) is 0.190. The van der Waals surface area contributed by atoms with Crippen LogP contribution >= 0.6 is 11.8 Å². The summed E-state index contributed by atoms with van der Waals surface area (Å²) < 4.78 is 5.27. The van der Waals surface area contributed by atoms with E-state index in [-0.39, 0.29) is 12.5 Å². The summed E-state index contributed by atoms with van der Waals surface area (Å²) in [5.74, 6) is -0.813. The van der Waals surface area contributed by atoms with Crippen LogP contribution in [0.25, 0.3) is 10.8 Å². The van der Waals surface area contributed by atoms with E-state index in [4.69, 9.17) is 4.74 Å². The molecule has 138 valence electrons. The van der Waals surface area contributed by atoms with E-state index in [2.05, 4.69) is 4.98 Å². The SMILES string of the molecule is CCN(C(=O)COC(=O)c1cccnc1SC)c1cccc2ccccc12. The summed E-state index contributed by atoms with van der Waals surface area (Å²) in [4.78, 5) is 30.9. The van der Waals surface area contributed by atoms with Gasteiger partial charge in [0.2, 0.25) is 0 Å². The highest BCUT2D eigenvalue weighted by atomic mass is 32.2. The fourth-order valence-corrected chi connectivity index (χ4v) is 3.45. The van der Waals surface area contributed by atoms with Gasteiger partial charge in [0, 0.05) is 18.1 Å². The number of anilines is 1. The van der Waals surface area contributed by atoms with Crippen molar-refractivity contribution >= 4 is 40.1 Å². The average Bonchev–Trinajstić information content (AvgIpc) is 2.72. The van der Waals surface area contributed by atoms with Gasteiger partial charge in [-0.05, 0) is 36.8 Å². The normalized spacial score (nSPS) is 10.6. The third kappa shape index (κ3) is 4.11. The van der Waals surface area contributed by atoms with Crippen molar-refractivity contribution in [1.82, 2.24) is 4.98 Å². The standard InChI is InChI=1S/C21H20N2O3S/c1-3-23(18-12-6-9-15-8-4-5-10-16(15)18)19(24)14-26-21(25)17-11-7-13-22-20(17)27-2/h4-13H,3,14H2,1-2H3. The van der Waals surface area contributed by atoms with E-state index in [1.54, 1.807) is 23.2 Å². The molecule has 0 fully saturated rings. The zero-order chi connectivity index (χ0) is 19.2. The summed E-state index contributed by atoms with van der Waals surface area (Å²) in [6.07, 6.45) is 3.46. The average molecular weight is 380 g/mol. The molecule has 3 rings (SSSR count). The number of carbonyl (C=O) groups is 2. The van der Waals surface area contributed by atoms with Crippen molar-refractivity contribution in [1.29, 1.82) is 0 Å². The number of amides is 1. The van der Waals surface area contributed by atoms with Crippen molar-refractivity contribution < 1.29 is 14.3 Å². The number of pyridine rings is 1. The monoisotopic (exact) mass is 380 g/mol. The minimum absolute atomic E-state index is 0.267. The molecule has 3 aromatic rings. The Hall–Kier alpha value is -2.86. The molecule has 5 nitrogen and oxygen atoms in total. The van der Waals surface area contributed by atoms with Gasteiger partial charge in [-0.25, -0.2) is 9.78 Å². The van der Waals surface area contributed by atoms with Gasteiger partial charge in [0.15, 0.2) is 6.61 Å². The first-order chi connectivity index (χ1) is 13.2. The van der Waals surface area contributed by atoms with Crippen LogP contribution in [0.15, 0.2) is 65.8 Å². The number of hydrogen-bond donors (Lipinski definition) is 0. The largest absolute Gasteiger partial charge is 0.452 e. The number of aromatic nitrogens is 1. The zero-order valence-electron chi connectivity index (χ0n) is 15.2. The lowest BCUT2D eigenvalue weighted by Gasteiger charge is -2.22. The van der Waals surface area contributed by atoms with Crippen molar-refractivity contribution in [2.45, 2.75) is 11.9 Å². The molecule has 0 spiro atoms. The van der Waals surface area contributed by atoms with E-state index in [0.29, 0.717) is 17.1 Å². The number of esters is 1. The van der Waals surface area contributed by atoms with Gasteiger partial charge in [0.25, 0.3) is 5.91 Å². The molecule has 0 saturated carbocycles. The summed E-state index contributed by atoms with van der Waals surface area (Å²) in [7, 11) is 0. The Kier molecular flexibility index (Phi) is 6.08. The van der Waals surface area contributed by atoms with Crippen molar-refractivity contribution in [3.05, 3.63) is 66.4 Å². The van der Waals surface area contributed by atoms with Gasteiger partial charge in [-0.1, -0.05) is 36.4 Å². The summed E-state index contributed by atoms with van der Waals surface area (Å²) in [5, 5.41) is 2.62. The quantitative estimate of drug-likeness (QED) is 0.475. The van der Waals surface area contributed by atoms with E-state index in [9.17, 15) is 9.59 Å². The molecule has 0 N–H and O–H groups in total. The Morgan fingerprint density at radius 1 is 1.07 bits per heavy atom. The molecule has 0 radical (unpaired) electrons. The molecule has 0 saturated heterocycles. The molecule has 0 aliphatic rings. The summed E-state index contributed by atoms with van der Waals surface area (Å²) in [5.41, 5.74) is 1.17. The van der Waals surface area contributed by atoms with Crippen LogP contribution in [0.3, 0.4) is 0 Å². The molecule has 1 heterocycles. The molecule has 0 unspecified atom stereocenters. The Balaban J connectivity index is 1.77. The third-order valence-electron chi connectivity index (χ3n) is 4.19. The van der Waals surface area contributed by atoms with Gasteiger partial charge in [-0.2, -0.15) is 0 Å². The second-order valence-electron chi connectivity index (χ2n) is 5.77. The number of likely N-dealkylation sites (N-methyl/N-ethyl adjacent to an activating group) is 1. The molecule has 1 amide bonds. The van der Waals surface area contributed by atoms with Crippen LogP contribution in [-0.2, 0) is 9.53 Å². The van der Waals surface area contributed by atoms with Crippen LogP contribution in [0.1, 0.15) is 17.3 Å². The van der Waals surface area contributed by atoms with Crippen molar-refractivity contribution in [3.63, 3.8) is 0 Å². The van der Waals surface area contributed by atoms with E-state index >= 15 is 0 Å². The van der Waals surface area contributed by atoms with E-state index in [0.717, 1.165) is 16.5 Å². The first kappa shape index (κ1) is 18.9. The molecular weight excluding hydrogens is 360 g/mol. The van der Waals surface area contributed by atoms with Crippen molar-refractivity contribution in [2.75, 3.05) is 24.3 Å². The fourth-order valence-electron chi connectivity index (χ4n) is 2.92. The Morgan fingerprint density at radius 3 is 2.63 bits per heavy atom. The predicted octanol–water partition coefficient (Wildman–Crippen LogP) is 4.17. The first-order valence-corrected chi connectivity index (χ1v) is 9.82. The highest BCUT2D eigenvalue weighted by molar-refractivity contribution is 7.98. The zero-order valence-corrected chi connectivity index (χ0v) is 16.0. The topological polar surface area (TPSA) is 59.5 Å². The number of nitrogens with zero attached hydrogens (tertiary/aromatic N) is 2. The number of ether oxygens (including phenoxy) is 1. The lowest BCUT2D eigenvalue weighted by molar-refractivity contribution is -0.121. The maximum Gasteiger partial charge on any atom is 0.341 e. The molecule has 6 heteroatoms. The smallest absolute Gasteiger partial charge is 0.341 e. The van der Waals surface area contributed by atoms with Gasteiger partial charge in [0.05, 0.1) is 11.3 Å². The molecule has 0 aliphatic heterocycles. The summed E-state index contributed by atoms with van der Waals surface area (Å²) >= 11 is 1.36. The van der Waals surface area contributed by atoms with Crippen LogP contribution in [0.5, 0.6) is 0 Å². The van der Waals surface area contributed by atoms with Gasteiger partial charge < -0.3 is 9.64 Å². The Bertz CT molecular complexity index is 969. The molecule has 0 aliphatic carbocycles. The van der Waals surface area contributed by atoms with Gasteiger partial charge in [-0.15, -0.1) is 11.8 Å². The number of rotatable bonds is 6. The Labute approximate surface area is 162 Å². The number of thioether (sulfide) groups is 1. The highest BCUT2D eigenvalue weighted by Crippen LogP contribution is 2.27. The van der Waals surface area contributed by atoms with E-state index < -0.39 is 5.97 Å². The number of benzene rings is 2. The summed E-state index contributed by atoms with van der Waals surface area (Å²) in [6.45, 7) is 2.06.